The predicted molar refractivity (Wildman–Crippen MR) is 54.9 cm³/mol. The van der Waals surface area contributed by atoms with Gasteiger partial charge in [-0.15, -0.1) is 0 Å². The van der Waals surface area contributed by atoms with Crippen LogP contribution in [0.2, 0.25) is 0 Å². The Balaban J connectivity index is 2.26. The Morgan fingerprint density at radius 2 is 2.23 bits per heavy atom. The summed E-state index contributed by atoms with van der Waals surface area (Å²) < 4.78 is 5.49. The Kier molecular flexibility index (Phi) is 3.62. The smallest absolute Gasteiger partial charge is 0.0929 e. The van der Waals surface area contributed by atoms with Gasteiger partial charge in [-0.05, 0) is 43.9 Å². The molecule has 1 aliphatic rings. The average Bonchev–Trinajstić information content (AvgIpc) is 2.94. The molecule has 1 rings (SSSR count). The van der Waals surface area contributed by atoms with Gasteiger partial charge in [0.1, 0.15) is 0 Å². The quantitative estimate of drug-likeness (QED) is 0.519. The van der Waals surface area contributed by atoms with E-state index in [9.17, 15) is 0 Å². The summed E-state index contributed by atoms with van der Waals surface area (Å²) in [5.41, 5.74) is 6.19. The molecule has 1 saturated carbocycles. The van der Waals surface area contributed by atoms with Gasteiger partial charge in [-0.1, -0.05) is 6.58 Å². The van der Waals surface area contributed by atoms with Crippen molar-refractivity contribution >= 4 is 0 Å². The van der Waals surface area contributed by atoms with Crippen LogP contribution < -0.4 is 5.73 Å². The predicted octanol–water partition coefficient (Wildman–Crippen LogP) is 2.35. The van der Waals surface area contributed by atoms with Crippen molar-refractivity contribution in [1.29, 1.82) is 0 Å². The minimum Gasteiger partial charge on any atom is -0.498 e. The van der Waals surface area contributed by atoms with Crippen LogP contribution in [0.1, 0.15) is 19.8 Å². The second-order valence-corrected chi connectivity index (χ2v) is 3.40. The lowest BCUT2D eigenvalue weighted by atomic mass is 10.3. The summed E-state index contributed by atoms with van der Waals surface area (Å²) in [6.45, 7) is 6.35. The van der Waals surface area contributed by atoms with Gasteiger partial charge in [0, 0.05) is 5.70 Å². The average molecular weight is 179 g/mol. The van der Waals surface area contributed by atoms with Gasteiger partial charge >= 0.3 is 0 Å². The molecule has 0 atom stereocenters. The van der Waals surface area contributed by atoms with Crippen LogP contribution in [0.15, 0.2) is 36.3 Å². The molecule has 0 heterocycles. The Bertz CT molecular complexity index is 236. The molecule has 0 aromatic carbocycles. The maximum Gasteiger partial charge on any atom is 0.0929 e. The lowest BCUT2D eigenvalue weighted by Crippen LogP contribution is -1.94. The van der Waals surface area contributed by atoms with Gasteiger partial charge in [0.2, 0.25) is 0 Å². The fourth-order valence-corrected chi connectivity index (χ4v) is 0.864. The molecule has 0 aromatic rings. The van der Waals surface area contributed by atoms with E-state index >= 15 is 0 Å². The van der Waals surface area contributed by atoms with Gasteiger partial charge in [0.25, 0.3) is 0 Å². The molecule has 72 valence electrons. The third kappa shape index (κ3) is 4.41. The van der Waals surface area contributed by atoms with Crippen molar-refractivity contribution in [1.82, 2.24) is 0 Å². The van der Waals surface area contributed by atoms with Crippen LogP contribution in [0, 0.1) is 5.92 Å². The molecule has 0 unspecified atom stereocenters. The standard InChI is InChI=1S/C11H17NO/c1-3-11(12)7-4-9(2)13-8-10-5-6-10/h3-4,7,10H,1,5-6,8,12H2,2H3/b9-4+,11-7+. The van der Waals surface area contributed by atoms with Crippen molar-refractivity contribution in [2.75, 3.05) is 6.61 Å². The number of hydrogen-bond donors (Lipinski definition) is 1. The van der Waals surface area contributed by atoms with Crippen LogP contribution >= 0.6 is 0 Å². The molecule has 0 spiro atoms. The van der Waals surface area contributed by atoms with Crippen LogP contribution in [-0.4, -0.2) is 6.61 Å². The molecular formula is C11H17NO. The second-order valence-electron chi connectivity index (χ2n) is 3.40. The zero-order valence-electron chi connectivity index (χ0n) is 8.12. The third-order valence-electron chi connectivity index (χ3n) is 1.99. The molecule has 1 aliphatic carbocycles. The Hall–Kier alpha value is -1.18. The number of rotatable bonds is 5. The van der Waals surface area contributed by atoms with Crippen LogP contribution in [-0.2, 0) is 4.74 Å². The van der Waals surface area contributed by atoms with Gasteiger partial charge in [-0.3, -0.25) is 0 Å². The van der Waals surface area contributed by atoms with Gasteiger partial charge < -0.3 is 10.5 Å². The van der Waals surface area contributed by atoms with Crippen LogP contribution in [0.3, 0.4) is 0 Å². The molecule has 0 saturated heterocycles. The molecule has 0 aromatic heterocycles. The van der Waals surface area contributed by atoms with Gasteiger partial charge in [-0.2, -0.15) is 0 Å². The summed E-state index contributed by atoms with van der Waals surface area (Å²) in [5.74, 6) is 1.71. The van der Waals surface area contributed by atoms with Crippen molar-refractivity contribution in [3.8, 4) is 0 Å². The Labute approximate surface area is 79.8 Å². The highest BCUT2D eigenvalue weighted by Crippen LogP contribution is 2.29. The van der Waals surface area contributed by atoms with Crippen molar-refractivity contribution in [3.63, 3.8) is 0 Å². The van der Waals surface area contributed by atoms with Crippen molar-refractivity contribution in [2.45, 2.75) is 19.8 Å². The second kappa shape index (κ2) is 4.75. The number of hydrogen-bond acceptors (Lipinski definition) is 2. The first-order chi connectivity index (χ1) is 6.22. The largest absolute Gasteiger partial charge is 0.498 e. The van der Waals surface area contributed by atoms with E-state index in [0.29, 0.717) is 5.70 Å². The highest BCUT2D eigenvalue weighted by Gasteiger charge is 2.21. The maximum atomic E-state index is 5.53. The molecule has 13 heavy (non-hydrogen) atoms. The molecule has 0 bridgehead atoms. The fraction of sp³-hybridized carbons (Fsp3) is 0.455. The molecule has 1 fully saturated rings. The van der Waals surface area contributed by atoms with Gasteiger partial charge in [0.15, 0.2) is 0 Å². The maximum absolute atomic E-state index is 5.53. The summed E-state index contributed by atoms with van der Waals surface area (Å²) in [5, 5.41) is 0. The SMILES string of the molecule is C=C/C(N)=C\C=C(/C)OCC1CC1. The zero-order chi connectivity index (χ0) is 9.68. The molecule has 0 aliphatic heterocycles. The first-order valence-electron chi connectivity index (χ1n) is 4.61. The summed E-state index contributed by atoms with van der Waals surface area (Å²) in [6, 6.07) is 0. The van der Waals surface area contributed by atoms with Crippen molar-refractivity contribution in [3.05, 3.63) is 36.3 Å². The highest BCUT2D eigenvalue weighted by atomic mass is 16.5. The number of ether oxygens (including phenoxy) is 1. The first-order valence-corrected chi connectivity index (χ1v) is 4.61. The zero-order valence-corrected chi connectivity index (χ0v) is 8.12. The minimum atomic E-state index is 0.661. The molecular weight excluding hydrogens is 162 g/mol. The van der Waals surface area contributed by atoms with E-state index in [1.807, 2.05) is 13.0 Å². The molecule has 0 amide bonds. The monoisotopic (exact) mass is 179 g/mol. The summed E-state index contributed by atoms with van der Waals surface area (Å²) in [6.07, 6.45) is 7.93. The number of allylic oxidation sites excluding steroid dienone is 4. The van der Waals surface area contributed by atoms with Crippen molar-refractivity contribution < 1.29 is 4.74 Å². The van der Waals surface area contributed by atoms with Gasteiger partial charge in [-0.25, -0.2) is 0 Å². The minimum absolute atomic E-state index is 0.661. The summed E-state index contributed by atoms with van der Waals surface area (Å²) >= 11 is 0. The lowest BCUT2D eigenvalue weighted by Gasteiger charge is -2.03. The Morgan fingerprint density at radius 1 is 1.54 bits per heavy atom. The van der Waals surface area contributed by atoms with Crippen molar-refractivity contribution in [2.24, 2.45) is 11.7 Å². The van der Waals surface area contributed by atoms with E-state index in [-0.39, 0.29) is 0 Å². The molecule has 2 heteroatoms. The van der Waals surface area contributed by atoms with E-state index in [4.69, 9.17) is 10.5 Å². The topological polar surface area (TPSA) is 35.2 Å². The first kappa shape index (κ1) is 9.90. The lowest BCUT2D eigenvalue weighted by molar-refractivity contribution is 0.201. The summed E-state index contributed by atoms with van der Waals surface area (Å²) in [7, 11) is 0. The van der Waals surface area contributed by atoms with Crippen LogP contribution in [0.5, 0.6) is 0 Å². The molecule has 0 radical (unpaired) electrons. The van der Waals surface area contributed by atoms with Crippen LogP contribution in [0.4, 0.5) is 0 Å². The van der Waals surface area contributed by atoms with E-state index < -0.39 is 0 Å². The van der Waals surface area contributed by atoms with E-state index in [0.717, 1.165) is 18.3 Å². The fourth-order valence-electron chi connectivity index (χ4n) is 0.864. The molecule has 2 nitrogen and oxygen atoms in total. The van der Waals surface area contributed by atoms with E-state index in [1.54, 1.807) is 12.2 Å². The third-order valence-corrected chi connectivity index (χ3v) is 1.99. The number of nitrogens with two attached hydrogens (primary N) is 1. The van der Waals surface area contributed by atoms with Crippen LogP contribution in [0.25, 0.3) is 0 Å². The molecule has 2 N–H and O–H groups in total. The summed E-state index contributed by atoms with van der Waals surface area (Å²) in [4.78, 5) is 0. The normalized spacial score (nSPS) is 18.5. The van der Waals surface area contributed by atoms with Gasteiger partial charge in [0.05, 0.1) is 12.4 Å². The van der Waals surface area contributed by atoms with E-state index in [2.05, 4.69) is 6.58 Å². The highest BCUT2D eigenvalue weighted by molar-refractivity contribution is 5.19. The van der Waals surface area contributed by atoms with E-state index in [1.165, 1.54) is 12.8 Å². The Morgan fingerprint density at radius 3 is 2.77 bits per heavy atom.